The first-order valence-electron chi connectivity index (χ1n) is 9.31. The molecule has 1 atom stereocenters. The largest absolute Gasteiger partial charge is 0.491 e. The van der Waals surface area contributed by atoms with Gasteiger partial charge in [0.25, 0.3) is 11.5 Å². The van der Waals surface area contributed by atoms with E-state index in [1.165, 1.54) is 31.2 Å². The number of pyridine rings is 1. The van der Waals surface area contributed by atoms with E-state index in [1.54, 1.807) is 9.88 Å². The number of nitrogens with zero attached hydrogens (tertiary/aromatic N) is 1. The van der Waals surface area contributed by atoms with Crippen LogP contribution in [-0.2, 0) is 15.7 Å². The zero-order chi connectivity index (χ0) is 22.8. The number of ether oxygens (including phenoxy) is 2. The van der Waals surface area contributed by atoms with Crippen LogP contribution in [0.1, 0.15) is 23.0 Å². The minimum absolute atomic E-state index is 0.0608. The van der Waals surface area contributed by atoms with Crippen molar-refractivity contribution < 1.29 is 32.2 Å². The number of morpholine rings is 1. The van der Waals surface area contributed by atoms with Crippen LogP contribution in [0.4, 0.5) is 13.2 Å². The lowest BCUT2D eigenvalue weighted by Crippen LogP contribution is -2.46. The summed E-state index contributed by atoms with van der Waals surface area (Å²) in [5.41, 5.74) is 1.74. The molecule has 0 radical (unpaired) electrons. The van der Waals surface area contributed by atoms with Crippen molar-refractivity contribution in [2.24, 2.45) is 5.73 Å². The van der Waals surface area contributed by atoms with Crippen LogP contribution in [-0.4, -0.2) is 54.1 Å². The van der Waals surface area contributed by atoms with Crippen molar-refractivity contribution in [2.45, 2.75) is 19.2 Å². The number of halogens is 3. The fraction of sp³-hybridized carbons (Fsp3) is 0.350. The summed E-state index contributed by atoms with van der Waals surface area (Å²) in [5.74, 6) is -0.821. The summed E-state index contributed by atoms with van der Waals surface area (Å²) < 4.78 is 51.3. The molecule has 2 amide bonds. The molecule has 3 N–H and O–H groups in total. The summed E-state index contributed by atoms with van der Waals surface area (Å²) in [6.45, 7) is 2.91. The molecule has 11 heteroatoms. The van der Waals surface area contributed by atoms with Crippen LogP contribution in [0, 0.1) is 0 Å². The molecule has 166 valence electrons. The molecule has 1 aliphatic heterocycles. The van der Waals surface area contributed by atoms with Gasteiger partial charge >= 0.3 is 6.18 Å². The van der Waals surface area contributed by atoms with E-state index >= 15 is 0 Å². The molecule has 1 fully saturated rings. The highest BCUT2D eigenvalue weighted by Crippen LogP contribution is 2.35. The molecule has 0 saturated carbocycles. The molecule has 1 unspecified atom stereocenters. The van der Waals surface area contributed by atoms with Crippen LogP contribution < -0.4 is 16.0 Å². The Labute approximate surface area is 174 Å². The Morgan fingerprint density at radius 2 is 1.97 bits per heavy atom. The van der Waals surface area contributed by atoms with Gasteiger partial charge in [0.05, 0.1) is 13.2 Å². The number of nitrogens with two attached hydrogens (primary N) is 1. The number of aromatic amines is 1. The Morgan fingerprint density at radius 1 is 1.29 bits per heavy atom. The fourth-order valence-corrected chi connectivity index (χ4v) is 3.19. The molecule has 1 aromatic carbocycles. The monoisotopic (exact) mass is 439 g/mol. The minimum Gasteiger partial charge on any atom is -0.491 e. The maximum absolute atomic E-state index is 13.4. The van der Waals surface area contributed by atoms with Gasteiger partial charge in [-0.2, -0.15) is 13.2 Å². The van der Waals surface area contributed by atoms with E-state index in [0.717, 1.165) is 6.07 Å². The Bertz CT molecular complexity index is 1030. The van der Waals surface area contributed by atoms with Gasteiger partial charge in [0.2, 0.25) is 5.91 Å². The zero-order valence-corrected chi connectivity index (χ0v) is 16.5. The summed E-state index contributed by atoms with van der Waals surface area (Å²) in [4.78, 5) is 38.0. The Kier molecular flexibility index (Phi) is 6.34. The number of carbonyl (C=O) groups excluding carboxylic acids is 2. The Balaban J connectivity index is 1.80. The maximum atomic E-state index is 13.4. The average Bonchev–Trinajstić information content (AvgIpc) is 2.72. The maximum Gasteiger partial charge on any atom is 0.431 e. The molecule has 1 saturated heterocycles. The molecular formula is C20H20F3N3O5. The van der Waals surface area contributed by atoms with Crippen molar-refractivity contribution in [3.05, 3.63) is 51.9 Å². The third-order valence-corrected chi connectivity index (χ3v) is 4.78. The topological polar surface area (TPSA) is 115 Å². The highest BCUT2D eigenvalue weighted by molar-refractivity contribution is 5.94. The number of nitrogens with one attached hydrogen (secondary N) is 1. The number of amides is 2. The smallest absolute Gasteiger partial charge is 0.431 e. The van der Waals surface area contributed by atoms with E-state index in [-0.39, 0.29) is 29.7 Å². The first-order valence-corrected chi connectivity index (χ1v) is 9.31. The third-order valence-electron chi connectivity index (χ3n) is 4.78. The predicted molar refractivity (Wildman–Crippen MR) is 104 cm³/mol. The molecule has 0 bridgehead atoms. The number of hydrogen-bond donors (Lipinski definition) is 2. The third kappa shape index (κ3) is 5.23. The first kappa shape index (κ1) is 22.3. The number of alkyl halides is 3. The number of benzene rings is 1. The normalized spacial score (nSPS) is 16.8. The molecule has 1 aromatic heterocycles. The predicted octanol–water partition coefficient (Wildman–Crippen LogP) is 1.79. The van der Waals surface area contributed by atoms with Crippen LogP contribution >= 0.6 is 0 Å². The van der Waals surface area contributed by atoms with Crippen molar-refractivity contribution in [2.75, 3.05) is 26.3 Å². The molecule has 31 heavy (non-hydrogen) atoms. The SMILES string of the molecule is CC(=O)N1CCOC(COc2ccc(-c3cc(C(N)=O)c(=O)[nH]c3C(F)(F)F)cc2)C1. The molecule has 0 aliphatic carbocycles. The van der Waals surface area contributed by atoms with Gasteiger partial charge in [0.15, 0.2) is 0 Å². The van der Waals surface area contributed by atoms with Gasteiger partial charge in [-0.15, -0.1) is 0 Å². The second-order valence-electron chi connectivity index (χ2n) is 6.96. The van der Waals surface area contributed by atoms with Crippen LogP contribution in [0.5, 0.6) is 5.75 Å². The first-order chi connectivity index (χ1) is 14.6. The Hall–Kier alpha value is -3.34. The second kappa shape index (κ2) is 8.80. The average molecular weight is 439 g/mol. The summed E-state index contributed by atoms with van der Waals surface area (Å²) in [5, 5.41) is 0. The van der Waals surface area contributed by atoms with E-state index in [4.69, 9.17) is 15.2 Å². The molecule has 2 heterocycles. The van der Waals surface area contributed by atoms with Crippen molar-refractivity contribution in [3.63, 3.8) is 0 Å². The molecular weight excluding hydrogens is 419 g/mol. The highest BCUT2D eigenvalue weighted by atomic mass is 19.4. The molecule has 8 nitrogen and oxygen atoms in total. The van der Waals surface area contributed by atoms with E-state index in [9.17, 15) is 27.6 Å². The number of primary amides is 1. The second-order valence-corrected chi connectivity index (χ2v) is 6.96. The van der Waals surface area contributed by atoms with Crippen LogP contribution in [0.25, 0.3) is 11.1 Å². The van der Waals surface area contributed by atoms with Crippen molar-refractivity contribution in [1.29, 1.82) is 0 Å². The number of rotatable bonds is 5. The van der Waals surface area contributed by atoms with Crippen LogP contribution in [0.2, 0.25) is 0 Å². The molecule has 0 spiro atoms. The molecule has 3 rings (SSSR count). The van der Waals surface area contributed by atoms with Crippen LogP contribution in [0.15, 0.2) is 35.1 Å². The lowest BCUT2D eigenvalue weighted by molar-refractivity contribution is -0.140. The standard InChI is InChI=1S/C20H20F3N3O5/c1-11(27)26-6-7-30-14(9-26)10-31-13-4-2-12(3-5-13)15-8-16(18(24)28)19(29)25-17(15)20(21,22)23/h2-5,8,14H,6-7,9-10H2,1H3,(H2,24,28)(H,25,29). The fourth-order valence-electron chi connectivity index (χ4n) is 3.19. The number of H-pyrrole nitrogens is 1. The molecule has 2 aromatic rings. The zero-order valence-electron chi connectivity index (χ0n) is 16.5. The van der Waals surface area contributed by atoms with E-state index in [2.05, 4.69) is 0 Å². The highest BCUT2D eigenvalue weighted by Gasteiger charge is 2.36. The number of aromatic nitrogens is 1. The van der Waals surface area contributed by atoms with Crippen molar-refractivity contribution >= 4 is 11.8 Å². The summed E-state index contributed by atoms with van der Waals surface area (Å²) in [7, 11) is 0. The van der Waals surface area contributed by atoms with E-state index in [1.807, 2.05) is 0 Å². The molecule has 1 aliphatic rings. The summed E-state index contributed by atoms with van der Waals surface area (Å²) in [6.07, 6.45) is -5.17. The van der Waals surface area contributed by atoms with Crippen molar-refractivity contribution in [1.82, 2.24) is 9.88 Å². The van der Waals surface area contributed by atoms with Gasteiger partial charge in [-0.05, 0) is 23.8 Å². The number of carbonyl (C=O) groups is 2. The van der Waals surface area contributed by atoms with Gasteiger partial charge in [-0.1, -0.05) is 12.1 Å². The minimum atomic E-state index is -4.85. The van der Waals surface area contributed by atoms with Crippen molar-refractivity contribution in [3.8, 4) is 16.9 Å². The lowest BCUT2D eigenvalue weighted by atomic mass is 10.0. The van der Waals surface area contributed by atoms with Gasteiger partial charge in [-0.3, -0.25) is 14.4 Å². The van der Waals surface area contributed by atoms with E-state index < -0.39 is 28.9 Å². The number of hydrogen-bond acceptors (Lipinski definition) is 5. The summed E-state index contributed by atoms with van der Waals surface area (Å²) in [6, 6.07) is 6.47. The lowest BCUT2D eigenvalue weighted by Gasteiger charge is -2.32. The van der Waals surface area contributed by atoms with Crippen LogP contribution in [0.3, 0.4) is 0 Å². The summed E-state index contributed by atoms with van der Waals surface area (Å²) >= 11 is 0. The quantitative estimate of drug-likeness (QED) is 0.737. The van der Waals surface area contributed by atoms with Gasteiger partial charge in [0.1, 0.15) is 29.7 Å². The van der Waals surface area contributed by atoms with Gasteiger partial charge in [-0.25, -0.2) is 0 Å². The van der Waals surface area contributed by atoms with Gasteiger partial charge < -0.3 is 25.1 Å². The van der Waals surface area contributed by atoms with E-state index in [0.29, 0.717) is 25.4 Å². The Morgan fingerprint density at radius 3 is 2.55 bits per heavy atom. The van der Waals surface area contributed by atoms with Gasteiger partial charge in [0, 0.05) is 19.0 Å².